The Morgan fingerprint density at radius 1 is 1.17 bits per heavy atom. The van der Waals surface area contributed by atoms with Crippen LogP contribution in [0, 0.1) is 6.42 Å². The lowest BCUT2D eigenvalue weighted by atomic mass is 9.95. The topological polar surface area (TPSA) is 30.5 Å². The molecule has 0 amide bonds. The molecule has 18 heavy (non-hydrogen) atoms. The van der Waals surface area contributed by atoms with Crippen LogP contribution in [0.3, 0.4) is 0 Å². The molecule has 1 radical (unpaired) electrons. The van der Waals surface area contributed by atoms with Gasteiger partial charge in [0.25, 0.3) is 0 Å². The van der Waals surface area contributed by atoms with Crippen LogP contribution in [0.5, 0.6) is 0 Å². The Morgan fingerprint density at radius 2 is 1.83 bits per heavy atom. The highest BCUT2D eigenvalue weighted by atomic mass is 28.2. The van der Waals surface area contributed by atoms with E-state index in [1.807, 2.05) is 13.8 Å². The average molecular weight is 272 g/mol. The second-order valence-electron chi connectivity index (χ2n) is 4.95. The van der Waals surface area contributed by atoms with Gasteiger partial charge in [0.05, 0.1) is 9.52 Å². The van der Waals surface area contributed by atoms with Crippen LogP contribution >= 0.6 is 0 Å². The van der Waals surface area contributed by atoms with Crippen molar-refractivity contribution >= 4 is 9.52 Å². The smallest absolute Gasteiger partial charge is 0.134 e. The Hall–Kier alpha value is 0.0969. The fourth-order valence-corrected chi connectivity index (χ4v) is 4.02. The van der Waals surface area contributed by atoms with Gasteiger partial charge in [0, 0.05) is 19.3 Å². The van der Waals surface area contributed by atoms with Gasteiger partial charge in [0.1, 0.15) is 5.91 Å². The van der Waals surface area contributed by atoms with Crippen LogP contribution in [0.4, 0.5) is 0 Å². The van der Waals surface area contributed by atoms with E-state index in [4.69, 9.17) is 9.47 Å². The van der Waals surface area contributed by atoms with E-state index in [0.717, 1.165) is 25.8 Å². The maximum Gasteiger partial charge on any atom is 0.134 e. The predicted octanol–water partition coefficient (Wildman–Crippen LogP) is 2.06. The molecule has 0 bridgehead atoms. The van der Waals surface area contributed by atoms with Gasteiger partial charge in [0.15, 0.2) is 0 Å². The molecule has 1 rings (SSSR count). The second kappa shape index (κ2) is 11.0. The highest BCUT2D eigenvalue weighted by molar-refractivity contribution is 6.37. The Bertz CT molecular complexity index is 181. The zero-order valence-corrected chi connectivity index (χ0v) is 13.5. The monoisotopic (exact) mass is 272 g/mol. The minimum absolute atomic E-state index is 0.117. The molecule has 0 aromatic rings. The molecule has 107 valence electrons. The van der Waals surface area contributed by atoms with E-state index >= 15 is 0 Å². The van der Waals surface area contributed by atoms with E-state index in [-0.39, 0.29) is 15.4 Å². The molecule has 1 saturated carbocycles. The van der Waals surface area contributed by atoms with Crippen molar-refractivity contribution in [3.8, 4) is 0 Å². The van der Waals surface area contributed by atoms with Gasteiger partial charge >= 0.3 is 0 Å². The van der Waals surface area contributed by atoms with Crippen molar-refractivity contribution in [2.75, 3.05) is 19.8 Å². The van der Waals surface area contributed by atoms with Gasteiger partial charge < -0.3 is 14.8 Å². The fourth-order valence-electron chi connectivity index (χ4n) is 2.50. The molecule has 0 aromatic carbocycles. The fraction of sp³-hybridized carbons (Fsp3) is 0.929. The van der Waals surface area contributed by atoms with Crippen molar-refractivity contribution in [1.82, 2.24) is 5.32 Å². The highest BCUT2D eigenvalue weighted by Gasteiger charge is 2.12. The summed E-state index contributed by atoms with van der Waals surface area (Å²) >= 11 is 0. The van der Waals surface area contributed by atoms with Gasteiger partial charge in [-0.3, -0.25) is 0 Å². The lowest BCUT2D eigenvalue weighted by Gasteiger charge is -2.23. The van der Waals surface area contributed by atoms with Crippen LogP contribution < -0.4 is 5.32 Å². The minimum atomic E-state index is -0.285. The SMILES string of the molecule is CCOC(OCC)[SiH2]C[CH]CNC1CCCCC1. The van der Waals surface area contributed by atoms with E-state index in [0.29, 0.717) is 0 Å². The van der Waals surface area contributed by atoms with Crippen LogP contribution in [0.2, 0.25) is 6.04 Å². The third kappa shape index (κ3) is 7.51. The minimum Gasteiger partial charge on any atom is -0.357 e. The summed E-state index contributed by atoms with van der Waals surface area (Å²) in [6.45, 7) is 6.65. The van der Waals surface area contributed by atoms with Gasteiger partial charge in [-0.2, -0.15) is 0 Å². The number of nitrogens with one attached hydrogen (secondary N) is 1. The van der Waals surface area contributed by atoms with E-state index in [2.05, 4.69) is 11.7 Å². The van der Waals surface area contributed by atoms with Crippen LogP contribution in [0.25, 0.3) is 0 Å². The van der Waals surface area contributed by atoms with Gasteiger partial charge in [-0.25, -0.2) is 0 Å². The van der Waals surface area contributed by atoms with Crippen molar-refractivity contribution in [3.63, 3.8) is 0 Å². The van der Waals surface area contributed by atoms with E-state index in [9.17, 15) is 0 Å². The predicted molar refractivity (Wildman–Crippen MR) is 79.6 cm³/mol. The summed E-state index contributed by atoms with van der Waals surface area (Å²) < 4.78 is 11.2. The molecule has 0 aromatic heterocycles. The first kappa shape index (κ1) is 16.2. The van der Waals surface area contributed by atoms with Gasteiger partial charge in [-0.05, 0) is 39.7 Å². The molecule has 3 nitrogen and oxygen atoms in total. The van der Waals surface area contributed by atoms with E-state index < -0.39 is 0 Å². The Balaban J connectivity index is 1.95. The van der Waals surface area contributed by atoms with Gasteiger partial charge in [-0.1, -0.05) is 25.3 Å². The maximum absolute atomic E-state index is 5.58. The molecule has 1 aliphatic carbocycles. The highest BCUT2D eigenvalue weighted by Crippen LogP contribution is 2.17. The van der Waals surface area contributed by atoms with Crippen molar-refractivity contribution < 1.29 is 9.47 Å². The molecular formula is C14H30NO2Si. The van der Waals surface area contributed by atoms with Crippen LogP contribution in [-0.2, 0) is 9.47 Å². The van der Waals surface area contributed by atoms with Gasteiger partial charge in [-0.15, -0.1) is 0 Å². The summed E-state index contributed by atoms with van der Waals surface area (Å²) in [7, 11) is -0.285. The number of hydrogen-bond acceptors (Lipinski definition) is 3. The van der Waals surface area contributed by atoms with Gasteiger partial charge in [0.2, 0.25) is 0 Å². The largest absolute Gasteiger partial charge is 0.357 e. The normalized spacial score (nSPS) is 18.2. The molecule has 4 heteroatoms. The van der Waals surface area contributed by atoms with E-state index in [1.165, 1.54) is 38.1 Å². The van der Waals surface area contributed by atoms with Crippen molar-refractivity contribution in [2.24, 2.45) is 0 Å². The third-order valence-corrected chi connectivity index (χ3v) is 5.15. The lowest BCUT2D eigenvalue weighted by molar-refractivity contribution is -0.0826. The summed E-state index contributed by atoms with van der Waals surface area (Å²) in [6, 6.07) is 1.97. The van der Waals surface area contributed by atoms with Crippen LogP contribution in [0.15, 0.2) is 0 Å². The standard InChI is InChI=1S/C14H30NO2Si/c1-3-16-14(17-4-2)18-12-8-11-15-13-9-6-5-7-10-13/h8,13-15H,3-7,9-12,18H2,1-2H3. The second-order valence-corrected chi connectivity index (χ2v) is 6.77. The number of ether oxygens (including phenoxy) is 2. The quantitative estimate of drug-likeness (QED) is 0.375. The lowest BCUT2D eigenvalue weighted by Crippen LogP contribution is -2.32. The third-order valence-electron chi connectivity index (χ3n) is 3.47. The molecule has 0 spiro atoms. The first-order valence-corrected chi connectivity index (χ1v) is 9.46. The van der Waals surface area contributed by atoms with Crippen LogP contribution in [-0.4, -0.2) is 41.2 Å². The molecule has 1 N–H and O–H groups in total. The summed E-state index contributed by atoms with van der Waals surface area (Å²) in [6.07, 6.45) is 9.36. The Labute approximate surface area is 115 Å². The zero-order chi connectivity index (χ0) is 13.1. The average Bonchev–Trinajstić information content (AvgIpc) is 2.40. The summed E-state index contributed by atoms with van der Waals surface area (Å²) in [5.74, 6) is 0.117. The summed E-state index contributed by atoms with van der Waals surface area (Å²) in [5, 5.41) is 3.64. The Kier molecular flexibility index (Phi) is 9.84. The van der Waals surface area contributed by atoms with Crippen molar-refractivity contribution in [3.05, 3.63) is 6.42 Å². The first-order chi connectivity index (χ1) is 8.86. The van der Waals surface area contributed by atoms with E-state index in [1.54, 1.807) is 0 Å². The van der Waals surface area contributed by atoms with Crippen molar-refractivity contribution in [2.45, 2.75) is 64.0 Å². The molecule has 0 unspecified atom stereocenters. The molecule has 1 fully saturated rings. The summed E-state index contributed by atoms with van der Waals surface area (Å²) in [4.78, 5) is 0. The number of rotatable bonds is 10. The maximum atomic E-state index is 5.58. The Morgan fingerprint density at radius 3 is 2.44 bits per heavy atom. The summed E-state index contributed by atoms with van der Waals surface area (Å²) in [5.41, 5.74) is 0. The molecular weight excluding hydrogens is 242 g/mol. The zero-order valence-electron chi connectivity index (χ0n) is 12.1. The molecule has 0 heterocycles. The molecule has 0 atom stereocenters. The number of hydrogen-bond donors (Lipinski definition) is 1. The molecule has 0 saturated heterocycles. The molecule has 0 aliphatic heterocycles. The molecule has 1 aliphatic rings. The van der Waals surface area contributed by atoms with Crippen molar-refractivity contribution in [1.29, 1.82) is 0 Å². The first-order valence-electron chi connectivity index (χ1n) is 7.65. The van der Waals surface area contributed by atoms with Crippen LogP contribution in [0.1, 0.15) is 46.0 Å².